The number of nitrogens with one attached hydrogen (secondary N) is 1. The summed E-state index contributed by atoms with van der Waals surface area (Å²) in [7, 11) is -1.17. The molecular formula is C16H25NO2S. The van der Waals surface area contributed by atoms with Crippen LogP contribution in [0.3, 0.4) is 0 Å². The summed E-state index contributed by atoms with van der Waals surface area (Å²) >= 11 is 0. The van der Waals surface area contributed by atoms with E-state index in [1.54, 1.807) is 6.07 Å². The van der Waals surface area contributed by atoms with Crippen molar-refractivity contribution in [2.75, 3.05) is 13.3 Å². The summed E-state index contributed by atoms with van der Waals surface area (Å²) in [6.07, 6.45) is 9.03. The molecule has 20 heavy (non-hydrogen) atoms. The molecule has 1 aliphatic rings. The van der Waals surface area contributed by atoms with E-state index in [1.165, 1.54) is 38.4 Å². The Balaban J connectivity index is 2.14. The van der Waals surface area contributed by atoms with Gasteiger partial charge in [0.05, 0.1) is 4.90 Å². The highest BCUT2D eigenvalue weighted by molar-refractivity contribution is 7.90. The maximum Gasteiger partial charge on any atom is 0.175 e. The quantitative estimate of drug-likeness (QED) is 0.906. The molecule has 2 rings (SSSR count). The standard InChI is InChI=1S/C16H25NO2S/c1-17-16(11-13-7-4-3-5-8-13)14-9-6-10-15(12-14)20(2,18)19/h6,9-10,12-13,16-17H,3-5,7-8,11H2,1-2H3. The Bertz CT molecular complexity index is 533. The van der Waals surface area contributed by atoms with E-state index in [0.717, 1.165) is 17.9 Å². The SMILES string of the molecule is CNC(CC1CCCCC1)c1cccc(S(C)(=O)=O)c1. The Morgan fingerprint density at radius 3 is 2.55 bits per heavy atom. The van der Waals surface area contributed by atoms with Gasteiger partial charge in [-0.05, 0) is 37.1 Å². The topological polar surface area (TPSA) is 46.2 Å². The summed E-state index contributed by atoms with van der Waals surface area (Å²) in [4.78, 5) is 0.416. The second kappa shape index (κ2) is 6.72. The number of hydrogen-bond acceptors (Lipinski definition) is 3. The molecule has 1 aliphatic carbocycles. The maximum atomic E-state index is 11.7. The monoisotopic (exact) mass is 295 g/mol. The summed E-state index contributed by atoms with van der Waals surface area (Å²) < 4.78 is 23.3. The fourth-order valence-corrected chi connectivity index (χ4v) is 3.81. The van der Waals surface area contributed by atoms with Gasteiger partial charge in [0, 0.05) is 12.3 Å². The van der Waals surface area contributed by atoms with Crippen molar-refractivity contribution < 1.29 is 8.42 Å². The van der Waals surface area contributed by atoms with Crippen molar-refractivity contribution in [2.45, 2.75) is 49.5 Å². The highest BCUT2D eigenvalue weighted by Gasteiger charge is 2.20. The number of sulfone groups is 1. The predicted molar refractivity (Wildman–Crippen MR) is 82.5 cm³/mol. The molecule has 1 fully saturated rings. The molecule has 4 heteroatoms. The van der Waals surface area contributed by atoms with Gasteiger partial charge in [-0.25, -0.2) is 8.42 Å². The van der Waals surface area contributed by atoms with Crippen LogP contribution >= 0.6 is 0 Å². The van der Waals surface area contributed by atoms with E-state index in [-0.39, 0.29) is 6.04 Å². The van der Waals surface area contributed by atoms with E-state index in [1.807, 2.05) is 25.2 Å². The molecule has 1 aromatic carbocycles. The van der Waals surface area contributed by atoms with Gasteiger partial charge in [-0.2, -0.15) is 0 Å². The summed E-state index contributed by atoms with van der Waals surface area (Å²) in [5.74, 6) is 0.767. The van der Waals surface area contributed by atoms with Crippen molar-refractivity contribution in [3.05, 3.63) is 29.8 Å². The number of rotatable bonds is 5. The van der Waals surface area contributed by atoms with Crippen molar-refractivity contribution in [3.8, 4) is 0 Å². The van der Waals surface area contributed by atoms with Crippen LogP contribution in [0.25, 0.3) is 0 Å². The van der Waals surface area contributed by atoms with E-state index in [2.05, 4.69) is 5.32 Å². The molecule has 3 nitrogen and oxygen atoms in total. The largest absolute Gasteiger partial charge is 0.313 e. The first-order valence-electron chi connectivity index (χ1n) is 7.48. The smallest absolute Gasteiger partial charge is 0.175 e. The Hall–Kier alpha value is -0.870. The highest BCUT2D eigenvalue weighted by atomic mass is 32.2. The summed E-state index contributed by atoms with van der Waals surface area (Å²) in [5, 5.41) is 3.35. The van der Waals surface area contributed by atoms with Crippen LogP contribution in [0.4, 0.5) is 0 Å². The van der Waals surface area contributed by atoms with Gasteiger partial charge in [-0.15, -0.1) is 0 Å². The van der Waals surface area contributed by atoms with Crippen molar-refractivity contribution in [1.82, 2.24) is 5.32 Å². The van der Waals surface area contributed by atoms with Gasteiger partial charge in [0.15, 0.2) is 9.84 Å². The predicted octanol–water partition coefficient (Wildman–Crippen LogP) is 3.32. The highest BCUT2D eigenvalue weighted by Crippen LogP contribution is 2.32. The lowest BCUT2D eigenvalue weighted by Gasteiger charge is -2.26. The fraction of sp³-hybridized carbons (Fsp3) is 0.625. The molecule has 0 amide bonds. The fourth-order valence-electron chi connectivity index (χ4n) is 3.14. The molecule has 1 saturated carbocycles. The first-order chi connectivity index (χ1) is 9.50. The van der Waals surface area contributed by atoms with Crippen molar-refractivity contribution in [2.24, 2.45) is 5.92 Å². The minimum atomic E-state index is -3.13. The molecule has 0 radical (unpaired) electrons. The van der Waals surface area contributed by atoms with E-state index >= 15 is 0 Å². The van der Waals surface area contributed by atoms with Crippen LogP contribution in [-0.4, -0.2) is 21.7 Å². The molecule has 0 aliphatic heterocycles. The van der Waals surface area contributed by atoms with Crippen LogP contribution in [-0.2, 0) is 9.84 Å². The molecule has 112 valence electrons. The van der Waals surface area contributed by atoms with Crippen LogP contribution < -0.4 is 5.32 Å². The zero-order valence-electron chi connectivity index (χ0n) is 12.4. The van der Waals surface area contributed by atoms with Crippen LogP contribution in [0, 0.1) is 5.92 Å². The van der Waals surface area contributed by atoms with Gasteiger partial charge >= 0.3 is 0 Å². The average molecular weight is 295 g/mol. The zero-order chi connectivity index (χ0) is 14.6. The lowest BCUT2D eigenvalue weighted by atomic mass is 9.83. The summed E-state index contributed by atoms with van der Waals surface area (Å²) in [6, 6.07) is 7.61. The van der Waals surface area contributed by atoms with E-state index in [4.69, 9.17) is 0 Å². The Labute approximate surface area is 122 Å². The van der Waals surface area contributed by atoms with Crippen LogP contribution in [0.5, 0.6) is 0 Å². The van der Waals surface area contributed by atoms with Crippen LogP contribution in [0.15, 0.2) is 29.2 Å². The Kier molecular flexibility index (Phi) is 5.22. The molecule has 1 atom stereocenters. The molecule has 0 bridgehead atoms. The second-order valence-corrected chi connectivity index (χ2v) is 7.94. The van der Waals surface area contributed by atoms with E-state index in [0.29, 0.717) is 4.90 Å². The van der Waals surface area contributed by atoms with Gasteiger partial charge < -0.3 is 5.32 Å². The molecular weight excluding hydrogens is 270 g/mol. The Morgan fingerprint density at radius 2 is 1.95 bits per heavy atom. The van der Waals surface area contributed by atoms with Gasteiger partial charge in [0.1, 0.15) is 0 Å². The minimum absolute atomic E-state index is 0.250. The van der Waals surface area contributed by atoms with Crippen molar-refractivity contribution in [1.29, 1.82) is 0 Å². The van der Waals surface area contributed by atoms with Crippen molar-refractivity contribution >= 4 is 9.84 Å². The molecule has 1 aromatic rings. The van der Waals surface area contributed by atoms with Gasteiger partial charge in [-0.3, -0.25) is 0 Å². The number of hydrogen-bond donors (Lipinski definition) is 1. The lowest BCUT2D eigenvalue weighted by molar-refractivity contribution is 0.305. The molecule has 0 spiro atoms. The van der Waals surface area contributed by atoms with Crippen LogP contribution in [0.2, 0.25) is 0 Å². The Morgan fingerprint density at radius 1 is 1.25 bits per heavy atom. The van der Waals surface area contributed by atoms with E-state index in [9.17, 15) is 8.42 Å². The third kappa shape index (κ3) is 4.06. The maximum absolute atomic E-state index is 11.7. The number of benzene rings is 1. The van der Waals surface area contributed by atoms with Gasteiger partial charge in [0.25, 0.3) is 0 Å². The van der Waals surface area contributed by atoms with Gasteiger partial charge in [-0.1, -0.05) is 44.2 Å². The average Bonchev–Trinajstić information content (AvgIpc) is 2.45. The van der Waals surface area contributed by atoms with Gasteiger partial charge in [0.2, 0.25) is 0 Å². The van der Waals surface area contributed by atoms with Crippen LogP contribution in [0.1, 0.15) is 50.1 Å². The third-order valence-electron chi connectivity index (χ3n) is 4.33. The third-order valence-corrected chi connectivity index (χ3v) is 5.44. The summed E-state index contributed by atoms with van der Waals surface area (Å²) in [5.41, 5.74) is 1.08. The summed E-state index contributed by atoms with van der Waals surface area (Å²) in [6.45, 7) is 0. The molecule has 0 aromatic heterocycles. The molecule has 0 saturated heterocycles. The second-order valence-electron chi connectivity index (χ2n) is 5.93. The zero-order valence-corrected chi connectivity index (χ0v) is 13.2. The van der Waals surface area contributed by atoms with E-state index < -0.39 is 9.84 Å². The first-order valence-corrected chi connectivity index (χ1v) is 9.37. The first kappa shape index (κ1) is 15.5. The molecule has 1 N–H and O–H groups in total. The lowest BCUT2D eigenvalue weighted by Crippen LogP contribution is -2.21. The molecule has 0 heterocycles. The van der Waals surface area contributed by atoms with Crippen molar-refractivity contribution in [3.63, 3.8) is 0 Å². The molecule has 1 unspecified atom stereocenters. The minimum Gasteiger partial charge on any atom is -0.313 e. The normalized spacial score (nSPS) is 18.9.